The molecule has 0 heterocycles. The summed E-state index contributed by atoms with van der Waals surface area (Å²) in [6.07, 6.45) is 7.02. The molecule has 3 nitrogen and oxygen atoms in total. The molecule has 0 aromatic carbocycles. The second-order valence-corrected chi connectivity index (χ2v) is 13.6. The Kier molecular flexibility index (Phi) is 10.5. The van der Waals surface area contributed by atoms with E-state index in [1.54, 1.807) is 6.92 Å². The number of halogens is 1. The Bertz CT molecular complexity index is 528. The maximum Gasteiger partial charge on any atom is 0.333 e. The summed E-state index contributed by atoms with van der Waals surface area (Å²) in [4.78, 5) is 11.7. The van der Waals surface area contributed by atoms with E-state index < -0.39 is 8.32 Å². The lowest BCUT2D eigenvalue weighted by atomic mass is 9.98. The van der Waals surface area contributed by atoms with Gasteiger partial charge in [-0.15, -0.1) is 0 Å². The van der Waals surface area contributed by atoms with Gasteiger partial charge in [0.05, 0.1) is 13.2 Å². The molecule has 0 bridgehead atoms. The predicted octanol–water partition coefficient (Wildman–Crippen LogP) is 6.42. The van der Waals surface area contributed by atoms with E-state index in [0.29, 0.717) is 12.0 Å². The fourth-order valence-electron chi connectivity index (χ4n) is 2.14. The van der Waals surface area contributed by atoms with Gasteiger partial charge in [0.25, 0.3) is 0 Å². The number of ether oxygens (including phenoxy) is 1. The van der Waals surface area contributed by atoms with Crippen molar-refractivity contribution in [3.63, 3.8) is 0 Å². The summed E-state index contributed by atoms with van der Waals surface area (Å²) in [6, 6.07) is 0. The summed E-state index contributed by atoms with van der Waals surface area (Å²) >= 11 is 2.23. The van der Waals surface area contributed by atoms with Gasteiger partial charge >= 0.3 is 5.97 Å². The quantitative estimate of drug-likeness (QED) is 0.133. The number of rotatable bonds is 8. The van der Waals surface area contributed by atoms with Gasteiger partial charge in [0, 0.05) is 5.57 Å². The van der Waals surface area contributed by atoms with Crippen LogP contribution in [0.3, 0.4) is 0 Å². The zero-order chi connectivity index (χ0) is 19.8. The van der Waals surface area contributed by atoms with Gasteiger partial charge in [0.2, 0.25) is 0 Å². The van der Waals surface area contributed by atoms with Gasteiger partial charge < -0.3 is 9.16 Å². The van der Waals surface area contributed by atoms with Crippen molar-refractivity contribution in [2.75, 3.05) is 7.11 Å². The van der Waals surface area contributed by atoms with Gasteiger partial charge in [0.15, 0.2) is 8.32 Å². The van der Waals surface area contributed by atoms with Crippen LogP contribution in [0.5, 0.6) is 0 Å². The monoisotopic (exact) mass is 478 g/mol. The van der Waals surface area contributed by atoms with E-state index in [1.807, 2.05) is 10.2 Å². The van der Waals surface area contributed by atoms with Crippen LogP contribution in [0.4, 0.5) is 0 Å². The number of carbonyl (C=O) groups excluding carboxylic acids is 1. The Balaban J connectivity index is 5.51. The first-order valence-corrected chi connectivity index (χ1v) is 12.9. The third-order valence-corrected chi connectivity index (χ3v) is 9.72. The van der Waals surface area contributed by atoms with Gasteiger partial charge in [-0.1, -0.05) is 74.1 Å². The van der Waals surface area contributed by atoms with Crippen LogP contribution in [0.1, 0.15) is 48.0 Å². The zero-order valence-electron chi connectivity index (χ0n) is 17.3. The molecule has 25 heavy (non-hydrogen) atoms. The van der Waals surface area contributed by atoms with Gasteiger partial charge in [-0.25, -0.2) is 4.79 Å². The van der Waals surface area contributed by atoms with Crippen LogP contribution in [0.2, 0.25) is 18.1 Å². The molecule has 0 aliphatic rings. The van der Waals surface area contributed by atoms with Crippen molar-refractivity contribution in [1.29, 1.82) is 0 Å². The summed E-state index contributed by atoms with van der Waals surface area (Å²) in [6.45, 7) is 17.4. The minimum absolute atomic E-state index is 0.0399. The van der Waals surface area contributed by atoms with E-state index in [9.17, 15) is 4.79 Å². The van der Waals surface area contributed by atoms with Crippen LogP contribution >= 0.6 is 22.6 Å². The number of hydrogen-bond donors (Lipinski definition) is 0. The lowest BCUT2D eigenvalue weighted by Gasteiger charge is -2.40. The molecule has 0 unspecified atom stereocenters. The molecule has 0 fully saturated rings. The first-order valence-electron chi connectivity index (χ1n) is 8.73. The summed E-state index contributed by atoms with van der Waals surface area (Å²) in [5.41, 5.74) is 1.85. The fourth-order valence-corrected chi connectivity index (χ4v) is 4.13. The predicted molar refractivity (Wildman–Crippen MR) is 119 cm³/mol. The van der Waals surface area contributed by atoms with Crippen molar-refractivity contribution in [2.24, 2.45) is 5.92 Å². The molecule has 0 aromatic rings. The normalized spacial score (nSPS) is 16.9. The molecule has 5 heteroatoms. The van der Waals surface area contributed by atoms with E-state index in [0.717, 1.165) is 0 Å². The Morgan fingerprint density at radius 2 is 1.80 bits per heavy atom. The number of hydrogen-bond acceptors (Lipinski definition) is 3. The smallest absolute Gasteiger partial charge is 0.333 e. The lowest BCUT2D eigenvalue weighted by molar-refractivity contribution is -0.136. The second kappa shape index (κ2) is 10.7. The van der Waals surface area contributed by atoms with Crippen LogP contribution in [-0.2, 0) is 14.0 Å². The molecular formula is C20H35IO3Si. The maximum atomic E-state index is 11.7. The zero-order valence-corrected chi connectivity index (χ0v) is 20.4. The Morgan fingerprint density at radius 1 is 1.24 bits per heavy atom. The molecule has 0 saturated heterocycles. The van der Waals surface area contributed by atoms with Crippen molar-refractivity contribution in [3.8, 4) is 0 Å². The van der Waals surface area contributed by atoms with Gasteiger partial charge in [-0.3, -0.25) is 0 Å². The highest BCUT2D eigenvalue weighted by molar-refractivity contribution is 14.1. The maximum absolute atomic E-state index is 11.7. The highest BCUT2D eigenvalue weighted by atomic mass is 127. The minimum atomic E-state index is -1.90. The summed E-state index contributed by atoms with van der Waals surface area (Å²) in [5.74, 6) is -0.0262. The molecule has 0 spiro atoms. The van der Waals surface area contributed by atoms with E-state index in [1.165, 1.54) is 12.7 Å². The molecule has 0 aliphatic carbocycles. The Morgan fingerprint density at radius 3 is 2.24 bits per heavy atom. The Hall–Kier alpha value is -0.403. The molecule has 0 aliphatic heterocycles. The van der Waals surface area contributed by atoms with Gasteiger partial charge in [-0.05, 0) is 48.4 Å². The number of allylic oxidation sites excluding steroid dienone is 2. The van der Waals surface area contributed by atoms with Crippen LogP contribution in [0.25, 0.3) is 0 Å². The van der Waals surface area contributed by atoms with Gasteiger partial charge in [0.1, 0.15) is 0 Å². The van der Waals surface area contributed by atoms with Crippen LogP contribution in [-0.4, -0.2) is 27.5 Å². The minimum Gasteiger partial charge on any atom is -0.466 e. The average molecular weight is 478 g/mol. The molecule has 0 radical (unpaired) electrons. The van der Waals surface area contributed by atoms with Crippen molar-refractivity contribution in [3.05, 3.63) is 33.5 Å². The summed E-state index contributed by atoms with van der Waals surface area (Å²) in [7, 11) is -0.491. The third-order valence-electron chi connectivity index (χ3n) is 4.85. The molecule has 2 atom stereocenters. The lowest BCUT2D eigenvalue weighted by Crippen LogP contribution is -2.45. The first kappa shape index (κ1) is 24.6. The average Bonchev–Trinajstić information content (AvgIpc) is 2.48. The molecule has 0 rings (SSSR count). The van der Waals surface area contributed by atoms with E-state index in [4.69, 9.17) is 9.16 Å². The highest BCUT2D eigenvalue weighted by Gasteiger charge is 2.39. The first-order chi connectivity index (χ1) is 11.4. The van der Waals surface area contributed by atoms with Crippen molar-refractivity contribution >= 4 is 36.9 Å². The summed E-state index contributed by atoms with van der Waals surface area (Å²) in [5, 5.41) is 0.146. The van der Waals surface area contributed by atoms with E-state index >= 15 is 0 Å². The molecule has 144 valence electrons. The summed E-state index contributed by atoms with van der Waals surface area (Å²) < 4.78 is 13.5. The number of esters is 1. The fraction of sp³-hybridized carbons (Fsp3) is 0.650. The molecule has 0 saturated carbocycles. The molecule has 0 aromatic heterocycles. The SMILES string of the molecule is COC(=O)C(C)=CC[C@H](O[Si](C)(C)C(C)(C)C)[C@@H](C)/C=C(C)/C=C\I. The van der Waals surface area contributed by atoms with E-state index in [-0.39, 0.29) is 23.0 Å². The van der Waals surface area contributed by atoms with Crippen LogP contribution in [0, 0.1) is 5.92 Å². The van der Waals surface area contributed by atoms with Gasteiger partial charge in [-0.2, -0.15) is 0 Å². The van der Waals surface area contributed by atoms with Crippen molar-refractivity contribution in [1.82, 2.24) is 0 Å². The number of carbonyl (C=O) groups is 1. The van der Waals surface area contributed by atoms with Crippen molar-refractivity contribution in [2.45, 2.75) is 72.2 Å². The molecule has 0 N–H and O–H groups in total. The van der Waals surface area contributed by atoms with Crippen LogP contribution in [0.15, 0.2) is 33.5 Å². The Labute approximate surface area is 169 Å². The van der Waals surface area contributed by atoms with Crippen molar-refractivity contribution < 1.29 is 14.0 Å². The third kappa shape index (κ3) is 8.69. The standard InChI is InChI=1S/C20H35IO3Si/c1-15(12-13-21)14-17(3)18(11-10-16(2)19(22)23-7)24-25(8,9)20(4,5)6/h10,12-14,17-18H,11H2,1-9H3/b13-12-,15-14+,16-10?/t17-,18-/m0/s1. The van der Waals surface area contributed by atoms with Crippen LogP contribution < -0.4 is 0 Å². The molecular weight excluding hydrogens is 443 g/mol. The highest BCUT2D eigenvalue weighted by Crippen LogP contribution is 2.38. The molecule has 0 amide bonds. The second-order valence-electron chi connectivity index (χ2n) is 8.09. The topological polar surface area (TPSA) is 35.5 Å². The van der Waals surface area contributed by atoms with E-state index in [2.05, 4.69) is 82.5 Å². The number of methoxy groups -OCH3 is 1. The largest absolute Gasteiger partial charge is 0.466 e.